The van der Waals surface area contributed by atoms with Crippen molar-refractivity contribution < 1.29 is 46.8 Å². The highest BCUT2D eigenvalue weighted by Crippen LogP contribution is 2.36. The van der Waals surface area contributed by atoms with E-state index in [4.69, 9.17) is 42.1 Å². The van der Waals surface area contributed by atoms with Crippen molar-refractivity contribution in [3.05, 3.63) is 93.5 Å². The van der Waals surface area contributed by atoms with Crippen LogP contribution in [-0.4, -0.2) is 61.1 Å². The quantitative estimate of drug-likeness (QED) is 0.159. The molecule has 238 valence electrons. The van der Waals surface area contributed by atoms with Crippen LogP contribution in [0.15, 0.2) is 66.7 Å². The van der Waals surface area contributed by atoms with Gasteiger partial charge < -0.3 is 29.0 Å². The molecule has 1 N–H and O–H groups in total. The molecule has 13 heteroatoms. The maximum absolute atomic E-state index is 13.4. The Labute approximate surface area is 263 Å². The van der Waals surface area contributed by atoms with Gasteiger partial charge in [-0.2, -0.15) is 13.2 Å². The van der Waals surface area contributed by atoms with E-state index in [1.807, 2.05) is 0 Å². The van der Waals surface area contributed by atoms with E-state index in [9.17, 15) is 27.9 Å². The minimum atomic E-state index is -4.71. The van der Waals surface area contributed by atoms with Gasteiger partial charge in [-0.25, -0.2) is 9.59 Å². The topological polar surface area (TPSA) is 94.5 Å². The van der Waals surface area contributed by atoms with Crippen LogP contribution in [-0.2, 0) is 33.5 Å². The second-order valence-corrected chi connectivity index (χ2v) is 10.4. The van der Waals surface area contributed by atoms with Gasteiger partial charge in [-0.3, -0.25) is 0 Å². The number of ether oxygens (including phenoxy) is 4. The summed E-state index contributed by atoms with van der Waals surface area (Å²) in [6.45, 7) is 2.56. The first-order valence-electron chi connectivity index (χ1n) is 13.7. The minimum absolute atomic E-state index is 0.00407. The van der Waals surface area contributed by atoms with E-state index in [0.29, 0.717) is 22.2 Å². The number of carboxylic acid groups (broad SMARTS) is 1. The van der Waals surface area contributed by atoms with Crippen LogP contribution in [0.1, 0.15) is 30.0 Å². The van der Waals surface area contributed by atoms with E-state index < -0.39 is 35.7 Å². The number of para-hydroxylation sites is 1. The van der Waals surface area contributed by atoms with Gasteiger partial charge in [-0.05, 0) is 66.9 Å². The van der Waals surface area contributed by atoms with Crippen LogP contribution < -0.4 is 9.47 Å². The van der Waals surface area contributed by atoms with Gasteiger partial charge in [0, 0.05) is 36.2 Å². The first kappa shape index (κ1) is 35.0. The van der Waals surface area contributed by atoms with Crippen molar-refractivity contribution in [2.24, 2.45) is 0 Å². The van der Waals surface area contributed by atoms with Crippen molar-refractivity contribution in [1.82, 2.24) is 4.90 Å². The number of rotatable bonds is 16. The van der Waals surface area contributed by atoms with E-state index >= 15 is 0 Å². The number of alkyl halides is 3. The monoisotopic (exact) mass is 657 g/mol. The first-order valence-corrected chi connectivity index (χ1v) is 14.4. The third-order valence-electron chi connectivity index (χ3n) is 6.17. The average molecular weight is 658 g/mol. The third-order valence-corrected chi connectivity index (χ3v) is 6.61. The molecule has 8 nitrogen and oxygen atoms in total. The zero-order valence-electron chi connectivity index (χ0n) is 23.8. The molecule has 0 radical (unpaired) electrons. The van der Waals surface area contributed by atoms with Crippen molar-refractivity contribution in [3.63, 3.8) is 0 Å². The first-order chi connectivity index (χ1) is 21.0. The van der Waals surface area contributed by atoms with Crippen molar-refractivity contribution in [2.45, 2.75) is 38.7 Å². The Kier molecular flexibility index (Phi) is 13.6. The number of nitrogens with zero attached hydrogens (tertiary/aromatic N) is 1. The summed E-state index contributed by atoms with van der Waals surface area (Å²) in [7, 11) is 0. The van der Waals surface area contributed by atoms with Gasteiger partial charge in [-0.15, -0.1) is 0 Å². The lowest BCUT2D eigenvalue weighted by Crippen LogP contribution is -2.38. The fourth-order valence-electron chi connectivity index (χ4n) is 4.11. The van der Waals surface area contributed by atoms with E-state index in [1.165, 1.54) is 17.0 Å². The van der Waals surface area contributed by atoms with Gasteiger partial charge in [0.1, 0.15) is 18.1 Å². The Balaban J connectivity index is 1.60. The van der Waals surface area contributed by atoms with Gasteiger partial charge in [0.25, 0.3) is 0 Å². The van der Waals surface area contributed by atoms with Gasteiger partial charge >= 0.3 is 18.2 Å². The number of hydrogen-bond acceptors (Lipinski definition) is 6. The lowest BCUT2D eigenvalue weighted by Gasteiger charge is -2.23. The van der Waals surface area contributed by atoms with Crippen LogP contribution in [0, 0.1) is 0 Å². The molecule has 1 unspecified atom stereocenters. The maximum Gasteiger partial charge on any atom is 0.419 e. The highest BCUT2D eigenvalue weighted by molar-refractivity contribution is 6.34. The molecule has 1 amide bonds. The molecule has 3 rings (SSSR count). The minimum Gasteiger partial charge on any atom is -0.492 e. The van der Waals surface area contributed by atoms with Gasteiger partial charge in [-0.1, -0.05) is 47.5 Å². The molecule has 0 saturated carbocycles. The SMILES string of the molecule is CCOC(Cc1ccc(OCCN(CCCOCc2cc(Cl)cc(Cl)c2)C(=O)Oc2ccccc2C(F)(F)F)cc1)C(=O)O. The number of carboxylic acids is 1. The molecule has 0 fully saturated rings. The van der Waals surface area contributed by atoms with Crippen LogP contribution in [0.3, 0.4) is 0 Å². The van der Waals surface area contributed by atoms with E-state index in [-0.39, 0.29) is 45.9 Å². The van der Waals surface area contributed by atoms with Crippen LogP contribution in [0.5, 0.6) is 11.5 Å². The maximum atomic E-state index is 13.4. The van der Waals surface area contributed by atoms with Gasteiger partial charge in [0.15, 0.2) is 6.10 Å². The molecular formula is C31H32Cl2F3NO7. The van der Waals surface area contributed by atoms with Gasteiger partial charge in [0.05, 0.1) is 18.7 Å². The summed E-state index contributed by atoms with van der Waals surface area (Å²) in [6.07, 6.45) is -6.13. The molecule has 0 aliphatic rings. The highest BCUT2D eigenvalue weighted by atomic mass is 35.5. The number of carbonyl (C=O) groups is 2. The van der Waals surface area contributed by atoms with Crippen LogP contribution in [0.25, 0.3) is 0 Å². The molecule has 3 aromatic rings. The summed E-state index contributed by atoms with van der Waals surface area (Å²) in [5.41, 5.74) is 0.424. The normalized spacial score (nSPS) is 12.0. The number of carbonyl (C=O) groups excluding carboxylic acids is 1. The number of aliphatic carboxylic acids is 1. The summed E-state index contributed by atoms with van der Waals surface area (Å²) >= 11 is 12.0. The summed E-state index contributed by atoms with van der Waals surface area (Å²) in [5, 5.41) is 10.2. The summed E-state index contributed by atoms with van der Waals surface area (Å²) < 4.78 is 62.2. The molecule has 0 aliphatic heterocycles. The predicted octanol–water partition coefficient (Wildman–Crippen LogP) is 7.53. The molecule has 0 spiro atoms. The highest BCUT2D eigenvalue weighted by Gasteiger charge is 2.35. The molecule has 3 aromatic carbocycles. The standard InChI is InChI=1S/C31H32Cl2F3NO7/c1-2-42-28(29(38)39)18-21-8-10-25(11-9-21)43-15-13-37(12-5-14-41-20-22-16-23(32)19-24(33)17-22)30(40)44-27-7-4-3-6-26(27)31(34,35)36/h3-4,6-11,16-17,19,28H,2,5,12-15,18,20H2,1H3,(H,38,39). The Morgan fingerprint density at radius 2 is 1.61 bits per heavy atom. The van der Waals surface area contributed by atoms with Crippen molar-refractivity contribution >= 4 is 35.3 Å². The molecule has 0 aromatic heterocycles. The summed E-state index contributed by atoms with van der Waals surface area (Å²) in [6, 6.07) is 16.2. The Bertz CT molecular complexity index is 1350. The van der Waals surface area contributed by atoms with Crippen LogP contribution >= 0.6 is 23.2 Å². The fraction of sp³-hybridized carbons (Fsp3) is 0.355. The van der Waals surface area contributed by atoms with Crippen LogP contribution in [0.2, 0.25) is 10.0 Å². The zero-order valence-corrected chi connectivity index (χ0v) is 25.3. The Hall–Kier alpha value is -3.51. The smallest absolute Gasteiger partial charge is 0.419 e. The summed E-state index contributed by atoms with van der Waals surface area (Å²) in [4.78, 5) is 25.6. The summed E-state index contributed by atoms with van der Waals surface area (Å²) in [5.74, 6) is -1.21. The Morgan fingerprint density at radius 1 is 0.932 bits per heavy atom. The van der Waals surface area contributed by atoms with Crippen LogP contribution in [0.4, 0.5) is 18.0 Å². The number of halogens is 5. The Morgan fingerprint density at radius 3 is 2.25 bits per heavy atom. The van der Waals surface area contributed by atoms with E-state index in [2.05, 4.69) is 0 Å². The molecule has 0 aliphatic carbocycles. The van der Waals surface area contributed by atoms with Crippen molar-refractivity contribution in [2.75, 3.05) is 32.9 Å². The third kappa shape index (κ3) is 11.5. The molecule has 44 heavy (non-hydrogen) atoms. The molecule has 0 bridgehead atoms. The number of hydrogen-bond donors (Lipinski definition) is 1. The van der Waals surface area contributed by atoms with E-state index in [1.54, 1.807) is 49.4 Å². The lowest BCUT2D eigenvalue weighted by molar-refractivity contribution is -0.150. The largest absolute Gasteiger partial charge is 0.492 e. The average Bonchev–Trinajstić information content (AvgIpc) is 2.95. The zero-order chi connectivity index (χ0) is 32.1. The number of amides is 1. The van der Waals surface area contributed by atoms with Crippen molar-refractivity contribution in [1.29, 1.82) is 0 Å². The predicted molar refractivity (Wildman–Crippen MR) is 158 cm³/mol. The molecular weight excluding hydrogens is 626 g/mol. The number of benzene rings is 3. The molecule has 1 atom stereocenters. The second-order valence-electron chi connectivity index (χ2n) is 9.51. The van der Waals surface area contributed by atoms with Gasteiger partial charge in [0.2, 0.25) is 0 Å². The second kappa shape index (κ2) is 17.1. The molecule has 0 saturated heterocycles. The van der Waals surface area contributed by atoms with E-state index in [0.717, 1.165) is 23.3 Å². The van der Waals surface area contributed by atoms with Crippen molar-refractivity contribution in [3.8, 4) is 11.5 Å². The fourth-order valence-corrected chi connectivity index (χ4v) is 4.68. The molecule has 0 heterocycles. The lowest BCUT2D eigenvalue weighted by atomic mass is 10.1.